The summed E-state index contributed by atoms with van der Waals surface area (Å²) in [7, 11) is 1.63. The highest BCUT2D eigenvalue weighted by molar-refractivity contribution is 5.90. The number of carboxylic acid groups (broad SMARTS) is 1. The van der Waals surface area contributed by atoms with Crippen LogP contribution in [0.2, 0.25) is 0 Å². The second kappa shape index (κ2) is 6.35. The summed E-state index contributed by atoms with van der Waals surface area (Å²) >= 11 is 0. The lowest BCUT2D eigenvalue weighted by molar-refractivity contribution is 0.0694. The number of methoxy groups -OCH3 is 1. The molecule has 0 aliphatic carbocycles. The Balaban J connectivity index is 3.01. The number of aromatic carboxylic acids is 1. The highest BCUT2D eigenvalue weighted by Gasteiger charge is 2.15. The van der Waals surface area contributed by atoms with Gasteiger partial charge in [0.1, 0.15) is 0 Å². The second-order valence-corrected chi connectivity index (χ2v) is 4.28. The van der Waals surface area contributed by atoms with Gasteiger partial charge in [0.05, 0.1) is 5.56 Å². The molecular weight excluding hydrogens is 234 g/mol. The van der Waals surface area contributed by atoms with Gasteiger partial charge < -0.3 is 14.4 Å². The number of aryl methyl sites for hydroxylation is 1. The van der Waals surface area contributed by atoms with Crippen molar-refractivity contribution < 1.29 is 14.6 Å². The van der Waals surface area contributed by atoms with E-state index in [0.717, 1.165) is 12.8 Å². The van der Waals surface area contributed by atoms with Crippen LogP contribution in [0.25, 0.3) is 0 Å². The lowest BCUT2D eigenvalue weighted by Gasteiger charge is -2.13. The number of pyridine rings is 1. The zero-order valence-corrected chi connectivity index (χ0v) is 11.0. The predicted octanol–water partition coefficient (Wildman–Crippen LogP) is 1.59. The summed E-state index contributed by atoms with van der Waals surface area (Å²) in [5.74, 6) is -0.990. The highest BCUT2D eigenvalue weighted by atomic mass is 16.5. The zero-order chi connectivity index (χ0) is 13.7. The molecule has 0 saturated carbocycles. The van der Waals surface area contributed by atoms with E-state index in [9.17, 15) is 9.59 Å². The monoisotopic (exact) mass is 253 g/mol. The Bertz CT molecular complexity index is 490. The first kappa shape index (κ1) is 14.4. The minimum absolute atomic E-state index is 0.146. The third-order valence-corrected chi connectivity index (χ3v) is 2.96. The first-order valence-electron chi connectivity index (χ1n) is 5.92. The smallest absolute Gasteiger partial charge is 0.337 e. The van der Waals surface area contributed by atoms with E-state index >= 15 is 0 Å². The summed E-state index contributed by atoms with van der Waals surface area (Å²) in [5.41, 5.74) is 1.11. The van der Waals surface area contributed by atoms with Crippen LogP contribution in [0.3, 0.4) is 0 Å². The summed E-state index contributed by atoms with van der Waals surface area (Å²) in [6.07, 6.45) is 1.63. The molecule has 18 heavy (non-hydrogen) atoms. The average molecular weight is 253 g/mol. The van der Waals surface area contributed by atoms with Crippen LogP contribution in [0.5, 0.6) is 0 Å². The fraction of sp³-hybridized carbons (Fsp3) is 0.538. The summed E-state index contributed by atoms with van der Waals surface area (Å²) < 4.78 is 6.46. The lowest BCUT2D eigenvalue weighted by atomic mass is 10.1. The van der Waals surface area contributed by atoms with Crippen LogP contribution in [0.1, 0.15) is 34.5 Å². The molecule has 0 aromatic carbocycles. The van der Waals surface area contributed by atoms with Crippen molar-refractivity contribution in [3.8, 4) is 0 Å². The number of carbonyl (C=O) groups is 1. The van der Waals surface area contributed by atoms with E-state index < -0.39 is 5.97 Å². The van der Waals surface area contributed by atoms with Crippen LogP contribution >= 0.6 is 0 Å². The van der Waals surface area contributed by atoms with Gasteiger partial charge >= 0.3 is 5.97 Å². The fourth-order valence-electron chi connectivity index (χ4n) is 2.04. The van der Waals surface area contributed by atoms with Crippen molar-refractivity contribution in [2.45, 2.75) is 33.2 Å². The number of rotatable bonds is 6. The zero-order valence-electron chi connectivity index (χ0n) is 11.0. The Labute approximate surface area is 106 Å². The fourth-order valence-corrected chi connectivity index (χ4v) is 2.04. The van der Waals surface area contributed by atoms with Gasteiger partial charge in [-0.05, 0) is 32.3 Å². The van der Waals surface area contributed by atoms with Crippen LogP contribution in [0.4, 0.5) is 0 Å². The van der Waals surface area contributed by atoms with E-state index in [4.69, 9.17) is 9.84 Å². The molecule has 0 amide bonds. The predicted molar refractivity (Wildman–Crippen MR) is 68.2 cm³/mol. The molecule has 0 unspecified atom stereocenters. The number of nitrogens with zero attached hydrogens (tertiary/aromatic N) is 1. The summed E-state index contributed by atoms with van der Waals surface area (Å²) in [4.78, 5) is 23.0. The van der Waals surface area contributed by atoms with Gasteiger partial charge in [-0.2, -0.15) is 0 Å². The Morgan fingerprint density at radius 2 is 2.06 bits per heavy atom. The first-order chi connectivity index (χ1) is 8.49. The normalized spacial score (nSPS) is 10.6. The number of hydrogen-bond acceptors (Lipinski definition) is 3. The maximum atomic E-state index is 11.8. The van der Waals surface area contributed by atoms with Crippen LogP contribution in [-0.2, 0) is 11.3 Å². The van der Waals surface area contributed by atoms with Crippen molar-refractivity contribution in [3.05, 3.63) is 33.2 Å². The highest BCUT2D eigenvalue weighted by Crippen LogP contribution is 2.11. The van der Waals surface area contributed by atoms with E-state index in [2.05, 4.69) is 0 Å². The second-order valence-electron chi connectivity index (χ2n) is 4.28. The number of aromatic nitrogens is 1. The van der Waals surface area contributed by atoms with E-state index in [0.29, 0.717) is 24.4 Å². The standard InChI is InChI=1S/C13H19NO4/c1-9-8-11(15)14(6-4-5-7-18-3)10(2)12(9)13(16)17/h8H,4-7H2,1-3H3,(H,16,17). The molecule has 0 spiro atoms. The quantitative estimate of drug-likeness (QED) is 0.782. The van der Waals surface area contributed by atoms with Crippen molar-refractivity contribution >= 4 is 5.97 Å². The molecule has 1 N–H and O–H groups in total. The van der Waals surface area contributed by atoms with E-state index in [1.54, 1.807) is 21.0 Å². The molecule has 1 rings (SSSR count). The molecule has 1 aromatic heterocycles. The molecule has 5 heteroatoms. The molecule has 5 nitrogen and oxygen atoms in total. The van der Waals surface area contributed by atoms with Gasteiger partial charge in [0.25, 0.3) is 5.56 Å². The van der Waals surface area contributed by atoms with Crippen LogP contribution in [0.15, 0.2) is 10.9 Å². The molecule has 1 heterocycles. The first-order valence-corrected chi connectivity index (χ1v) is 5.92. The van der Waals surface area contributed by atoms with Crippen molar-refractivity contribution in [2.24, 2.45) is 0 Å². The van der Waals surface area contributed by atoms with E-state index in [1.165, 1.54) is 10.6 Å². The Morgan fingerprint density at radius 3 is 2.61 bits per heavy atom. The molecular formula is C13H19NO4. The largest absolute Gasteiger partial charge is 0.478 e. The maximum Gasteiger partial charge on any atom is 0.337 e. The third kappa shape index (κ3) is 3.20. The van der Waals surface area contributed by atoms with Gasteiger partial charge in [-0.3, -0.25) is 4.79 Å². The van der Waals surface area contributed by atoms with Crippen molar-refractivity contribution in [2.75, 3.05) is 13.7 Å². The minimum atomic E-state index is -0.990. The van der Waals surface area contributed by atoms with Crippen molar-refractivity contribution in [3.63, 3.8) is 0 Å². The van der Waals surface area contributed by atoms with Crippen LogP contribution in [-0.4, -0.2) is 29.4 Å². The molecule has 0 radical (unpaired) electrons. The molecule has 0 aliphatic rings. The SMILES string of the molecule is COCCCCn1c(C)c(C(=O)O)c(C)cc1=O. The summed E-state index contributed by atoms with van der Waals surface area (Å²) in [5, 5.41) is 9.14. The van der Waals surface area contributed by atoms with Gasteiger partial charge in [0.2, 0.25) is 0 Å². The van der Waals surface area contributed by atoms with Crippen LogP contribution in [0, 0.1) is 13.8 Å². The average Bonchev–Trinajstić information content (AvgIpc) is 2.26. The topological polar surface area (TPSA) is 68.5 Å². The minimum Gasteiger partial charge on any atom is -0.478 e. The molecule has 0 atom stereocenters. The van der Waals surface area contributed by atoms with Gasteiger partial charge in [-0.1, -0.05) is 0 Å². The van der Waals surface area contributed by atoms with E-state index in [-0.39, 0.29) is 11.1 Å². The number of hydrogen-bond donors (Lipinski definition) is 1. The number of unbranched alkanes of at least 4 members (excludes halogenated alkanes) is 1. The Hall–Kier alpha value is -1.62. The molecule has 0 aliphatic heterocycles. The number of carboxylic acids is 1. The van der Waals surface area contributed by atoms with Crippen molar-refractivity contribution in [1.29, 1.82) is 0 Å². The molecule has 0 saturated heterocycles. The van der Waals surface area contributed by atoms with Crippen molar-refractivity contribution in [1.82, 2.24) is 4.57 Å². The van der Waals surface area contributed by atoms with Crippen LogP contribution < -0.4 is 5.56 Å². The van der Waals surface area contributed by atoms with E-state index in [1.807, 2.05) is 0 Å². The summed E-state index contributed by atoms with van der Waals surface area (Å²) in [6, 6.07) is 1.38. The Kier molecular flexibility index (Phi) is 5.09. The summed E-state index contributed by atoms with van der Waals surface area (Å²) in [6.45, 7) is 4.49. The van der Waals surface area contributed by atoms with Gasteiger partial charge in [-0.25, -0.2) is 4.79 Å². The molecule has 0 bridgehead atoms. The van der Waals surface area contributed by atoms with Gasteiger partial charge in [0, 0.05) is 32.0 Å². The molecule has 1 aromatic rings. The Morgan fingerprint density at radius 1 is 1.39 bits per heavy atom. The maximum absolute atomic E-state index is 11.8. The lowest BCUT2D eigenvalue weighted by Crippen LogP contribution is -2.25. The third-order valence-electron chi connectivity index (χ3n) is 2.96. The molecule has 100 valence electrons. The van der Waals surface area contributed by atoms with Gasteiger partial charge in [-0.15, -0.1) is 0 Å². The number of ether oxygens (including phenoxy) is 1. The van der Waals surface area contributed by atoms with Gasteiger partial charge in [0.15, 0.2) is 0 Å². The molecule has 0 fully saturated rings.